The molecule has 1 aliphatic carbocycles. The SMILES string of the molecule is Cc1ccc(-c2cc[n+](C)c(-c3c(C)ccc4c3OC(C)(C)CC43CCCCC3)c2)cc1. The Bertz CT molecular complexity index is 1150. The van der Waals surface area contributed by atoms with Crippen LogP contribution in [-0.4, -0.2) is 5.60 Å². The lowest BCUT2D eigenvalue weighted by Gasteiger charge is -2.48. The molecule has 0 amide bonds. The lowest BCUT2D eigenvalue weighted by Crippen LogP contribution is -2.45. The molecular formula is C30H36NO+. The normalized spacial score (nSPS) is 18.8. The van der Waals surface area contributed by atoms with Crippen LogP contribution in [0.4, 0.5) is 0 Å². The van der Waals surface area contributed by atoms with E-state index in [9.17, 15) is 0 Å². The van der Waals surface area contributed by atoms with Crippen LogP contribution >= 0.6 is 0 Å². The molecule has 0 radical (unpaired) electrons. The minimum atomic E-state index is -0.153. The molecule has 166 valence electrons. The molecule has 0 saturated heterocycles. The molecule has 2 aromatic carbocycles. The van der Waals surface area contributed by atoms with Crippen molar-refractivity contribution in [2.75, 3.05) is 0 Å². The first kappa shape index (κ1) is 21.2. The van der Waals surface area contributed by atoms with Crippen LogP contribution in [0.3, 0.4) is 0 Å². The molecule has 0 bridgehead atoms. The highest BCUT2D eigenvalue weighted by molar-refractivity contribution is 5.76. The summed E-state index contributed by atoms with van der Waals surface area (Å²) >= 11 is 0. The Morgan fingerprint density at radius 3 is 2.28 bits per heavy atom. The number of aryl methyl sites for hydroxylation is 3. The largest absolute Gasteiger partial charge is 0.487 e. The summed E-state index contributed by atoms with van der Waals surface area (Å²) < 4.78 is 9.07. The first-order valence-electron chi connectivity index (χ1n) is 12.2. The zero-order valence-electron chi connectivity index (χ0n) is 20.3. The zero-order chi connectivity index (χ0) is 22.5. The van der Waals surface area contributed by atoms with Crippen LogP contribution in [0.5, 0.6) is 5.75 Å². The standard InChI is InChI=1S/C30H36NO/c1-21-9-12-23(13-10-21)24-15-18-31(5)26(19-24)27-22(2)11-14-25-28(27)32-29(3,4)20-30(25)16-7-6-8-17-30/h9-15,18-19H,6-8,16-17,20H2,1-5H3/q+1. The van der Waals surface area contributed by atoms with Gasteiger partial charge in [-0.2, -0.15) is 0 Å². The van der Waals surface area contributed by atoms with Gasteiger partial charge >= 0.3 is 0 Å². The highest BCUT2D eigenvalue weighted by atomic mass is 16.5. The maximum Gasteiger partial charge on any atom is 0.216 e. The van der Waals surface area contributed by atoms with Crippen molar-refractivity contribution in [2.24, 2.45) is 7.05 Å². The second-order valence-corrected chi connectivity index (χ2v) is 10.8. The fourth-order valence-electron chi connectivity index (χ4n) is 6.16. The van der Waals surface area contributed by atoms with Crippen molar-refractivity contribution in [3.63, 3.8) is 0 Å². The van der Waals surface area contributed by atoms with Crippen molar-refractivity contribution in [3.8, 4) is 28.1 Å². The molecule has 1 spiro atoms. The monoisotopic (exact) mass is 426 g/mol. The first-order valence-corrected chi connectivity index (χ1v) is 12.2. The summed E-state index contributed by atoms with van der Waals surface area (Å²) in [5.74, 6) is 1.12. The Balaban J connectivity index is 1.71. The maximum absolute atomic E-state index is 6.82. The third kappa shape index (κ3) is 3.64. The summed E-state index contributed by atoms with van der Waals surface area (Å²) in [4.78, 5) is 0. The second kappa shape index (κ2) is 7.76. The van der Waals surface area contributed by atoms with Gasteiger partial charge in [0.1, 0.15) is 18.4 Å². The lowest BCUT2D eigenvalue weighted by molar-refractivity contribution is -0.660. The molecular weight excluding hydrogens is 390 g/mol. The highest BCUT2D eigenvalue weighted by Crippen LogP contribution is 2.55. The van der Waals surface area contributed by atoms with Crippen LogP contribution < -0.4 is 9.30 Å². The molecule has 1 aliphatic heterocycles. The molecule has 32 heavy (non-hydrogen) atoms. The first-order chi connectivity index (χ1) is 15.3. The quantitative estimate of drug-likeness (QED) is 0.394. The number of aromatic nitrogens is 1. The average Bonchev–Trinajstić information content (AvgIpc) is 2.75. The number of hydrogen-bond donors (Lipinski definition) is 0. The Hall–Kier alpha value is -2.61. The van der Waals surface area contributed by atoms with E-state index >= 15 is 0 Å². The molecule has 1 saturated carbocycles. The van der Waals surface area contributed by atoms with Crippen molar-refractivity contribution in [1.82, 2.24) is 0 Å². The molecule has 2 heteroatoms. The van der Waals surface area contributed by atoms with Gasteiger partial charge in [-0.1, -0.05) is 61.2 Å². The van der Waals surface area contributed by atoms with E-state index in [4.69, 9.17) is 4.74 Å². The third-order valence-electron chi connectivity index (χ3n) is 7.68. The second-order valence-electron chi connectivity index (χ2n) is 10.8. The average molecular weight is 427 g/mol. The van der Waals surface area contributed by atoms with E-state index in [0.29, 0.717) is 0 Å². The van der Waals surface area contributed by atoms with E-state index in [2.05, 4.69) is 94.0 Å². The van der Waals surface area contributed by atoms with Crippen molar-refractivity contribution in [3.05, 3.63) is 71.4 Å². The lowest BCUT2D eigenvalue weighted by atomic mass is 9.62. The number of hydrogen-bond acceptors (Lipinski definition) is 1. The minimum absolute atomic E-state index is 0.153. The number of fused-ring (bicyclic) bond motifs is 2. The van der Waals surface area contributed by atoms with E-state index in [0.717, 1.165) is 12.2 Å². The van der Waals surface area contributed by atoms with Gasteiger partial charge in [-0.05, 0) is 63.6 Å². The van der Waals surface area contributed by atoms with Crippen LogP contribution in [0.1, 0.15) is 69.1 Å². The summed E-state index contributed by atoms with van der Waals surface area (Å²) in [7, 11) is 2.15. The van der Waals surface area contributed by atoms with Crippen molar-refractivity contribution in [2.45, 2.75) is 77.2 Å². The van der Waals surface area contributed by atoms with Crippen LogP contribution in [0.2, 0.25) is 0 Å². The Kier molecular flexibility index (Phi) is 5.15. The van der Waals surface area contributed by atoms with E-state index in [1.165, 1.54) is 71.2 Å². The fourth-order valence-corrected chi connectivity index (χ4v) is 6.16. The smallest absolute Gasteiger partial charge is 0.216 e. The Labute approximate surface area is 193 Å². The summed E-state index contributed by atoms with van der Waals surface area (Å²) in [5.41, 5.74) is 9.10. The molecule has 0 atom stereocenters. The van der Waals surface area contributed by atoms with E-state index < -0.39 is 0 Å². The summed E-state index contributed by atoms with van der Waals surface area (Å²) in [6.45, 7) is 8.93. The van der Waals surface area contributed by atoms with Gasteiger partial charge in [0, 0.05) is 23.1 Å². The van der Waals surface area contributed by atoms with Gasteiger partial charge in [0.25, 0.3) is 0 Å². The van der Waals surface area contributed by atoms with Crippen molar-refractivity contribution < 1.29 is 9.30 Å². The van der Waals surface area contributed by atoms with Gasteiger partial charge < -0.3 is 4.74 Å². The molecule has 1 fully saturated rings. The van der Waals surface area contributed by atoms with Gasteiger partial charge in [0.15, 0.2) is 6.20 Å². The molecule has 1 aromatic heterocycles. The van der Waals surface area contributed by atoms with Gasteiger partial charge in [0.05, 0.1) is 5.56 Å². The number of nitrogens with zero attached hydrogens (tertiary/aromatic N) is 1. The Morgan fingerprint density at radius 2 is 1.56 bits per heavy atom. The summed E-state index contributed by atoms with van der Waals surface area (Å²) in [6.07, 6.45) is 9.89. The third-order valence-corrected chi connectivity index (χ3v) is 7.68. The summed E-state index contributed by atoms with van der Waals surface area (Å²) in [5, 5.41) is 0. The minimum Gasteiger partial charge on any atom is -0.487 e. The molecule has 3 aromatic rings. The van der Waals surface area contributed by atoms with Gasteiger partial charge in [-0.3, -0.25) is 0 Å². The fraction of sp³-hybridized carbons (Fsp3) is 0.433. The van der Waals surface area contributed by atoms with E-state index in [-0.39, 0.29) is 11.0 Å². The van der Waals surface area contributed by atoms with E-state index in [1.54, 1.807) is 0 Å². The predicted molar refractivity (Wildman–Crippen MR) is 132 cm³/mol. The molecule has 0 N–H and O–H groups in total. The number of pyridine rings is 1. The molecule has 5 rings (SSSR count). The van der Waals surface area contributed by atoms with Crippen LogP contribution in [0.15, 0.2) is 54.7 Å². The van der Waals surface area contributed by atoms with Gasteiger partial charge in [-0.25, -0.2) is 4.57 Å². The molecule has 2 heterocycles. The number of benzene rings is 2. The Morgan fingerprint density at radius 1 is 0.844 bits per heavy atom. The van der Waals surface area contributed by atoms with Gasteiger partial charge in [-0.15, -0.1) is 0 Å². The van der Waals surface area contributed by atoms with Gasteiger partial charge in [0.2, 0.25) is 5.69 Å². The molecule has 2 nitrogen and oxygen atoms in total. The predicted octanol–water partition coefficient (Wildman–Crippen LogP) is 7.22. The van der Waals surface area contributed by atoms with Crippen LogP contribution in [0, 0.1) is 13.8 Å². The van der Waals surface area contributed by atoms with E-state index in [1.807, 2.05) is 0 Å². The highest BCUT2D eigenvalue weighted by Gasteiger charge is 2.47. The van der Waals surface area contributed by atoms with Crippen LogP contribution in [-0.2, 0) is 12.5 Å². The van der Waals surface area contributed by atoms with Crippen molar-refractivity contribution >= 4 is 0 Å². The number of ether oxygens (including phenoxy) is 1. The molecule has 2 aliphatic rings. The number of rotatable bonds is 2. The topological polar surface area (TPSA) is 13.1 Å². The molecule has 0 unspecified atom stereocenters. The zero-order valence-corrected chi connectivity index (χ0v) is 20.3. The maximum atomic E-state index is 6.82. The van der Waals surface area contributed by atoms with Crippen LogP contribution in [0.25, 0.3) is 22.4 Å². The summed E-state index contributed by atoms with van der Waals surface area (Å²) in [6, 6.07) is 18.1. The van der Waals surface area contributed by atoms with Crippen molar-refractivity contribution in [1.29, 1.82) is 0 Å².